The molecule has 1 heterocycles. The van der Waals surface area contributed by atoms with Crippen LogP contribution in [-0.2, 0) is 12.0 Å². The molecule has 21 heavy (non-hydrogen) atoms. The summed E-state index contributed by atoms with van der Waals surface area (Å²) in [4.78, 5) is 4.16. The van der Waals surface area contributed by atoms with E-state index in [9.17, 15) is 9.50 Å². The molecule has 0 spiro atoms. The number of pyridine rings is 1. The quantitative estimate of drug-likeness (QED) is 0.942. The maximum Gasteiger partial charge on any atom is 0.138 e. The molecule has 1 aromatic heterocycles. The Balaban J connectivity index is 2.01. The Bertz CT molecular complexity index is 672. The Morgan fingerprint density at radius 1 is 1.29 bits per heavy atom. The number of hydrogen-bond donors (Lipinski definition) is 1. The van der Waals surface area contributed by atoms with Gasteiger partial charge >= 0.3 is 0 Å². The predicted octanol–water partition coefficient (Wildman–Crippen LogP) is 3.19. The molecule has 0 fully saturated rings. The number of ether oxygens (including phenoxy) is 1. The topological polar surface area (TPSA) is 42.4 Å². The molecule has 3 nitrogen and oxygen atoms in total. The number of rotatable bonds is 3. The predicted molar refractivity (Wildman–Crippen MR) is 77.7 cm³/mol. The van der Waals surface area contributed by atoms with Crippen molar-refractivity contribution in [1.82, 2.24) is 4.98 Å². The first-order valence-electron chi connectivity index (χ1n) is 7.12. The van der Waals surface area contributed by atoms with E-state index < -0.39 is 5.60 Å². The maximum atomic E-state index is 13.3. The van der Waals surface area contributed by atoms with Gasteiger partial charge in [-0.25, -0.2) is 4.39 Å². The van der Waals surface area contributed by atoms with Gasteiger partial charge in [-0.15, -0.1) is 0 Å². The molecule has 0 amide bonds. The number of aromatic nitrogens is 1. The van der Waals surface area contributed by atoms with E-state index in [4.69, 9.17) is 4.74 Å². The molecular weight excluding hydrogens is 269 g/mol. The SMILES string of the molecule is CC(C)Oc1cncc(C2(O)CCc3cc(F)ccc32)c1. The van der Waals surface area contributed by atoms with Crippen molar-refractivity contribution in [3.05, 3.63) is 59.2 Å². The molecule has 1 aliphatic rings. The highest BCUT2D eigenvalue weighted by atomic mass is 19.1. The van der Waals surface area contributed by atoms with Crippen LogP contribution >= 0.6 is 0 Å². The molecule has 1 atom stereocenters. The number of benzene rings is 1. The minimum absolute atomic E-state index is 0.0432. The first-order chi connectivity index (χ1) is 9.99. The number of hydrogen-bond acceptors (Lipinski definition) is 3. The number of nitrogens with zero attached hydrogens (tertiary/aromatic N) is 1. The van der Waals surface area contributed by atoms with Crippen molar-refractivity contribution in [3.63, 3.8) is 0 Å². The van der Waals surface area contributed by atoms with Gasteiger partial charge in [0.05, 0.1) is 12.3 Å². The van der Waals surface area contributed by atoms with Gasteiger partial charge in [0.1, 0.15) is 17.2 Å². The zero-order valence-corrected chi connectivity index (χ0v) is 12.1. The third-order valence-electron chi connectivity index (χ3n) is 3.83. The molecule has 1 aliphatic carbocycles. The van der Waals surface area contributed by atoms with E-state index in [1.807, 2.05) is 19.9 Å². The summed E-state index contributed by atoms with van der Waals surface area (Å²) in [6.45, 7) is 3.88. The van der Waals surface area contributed by atoms with E-state index in [1.165, 1.54) is 12.1 Å². The van der Waals surface area contributed by atoms with E-state index in [0.29, 0.717) is 24.2 Å². The molecule has 1 N–H and O–H groups in total. The molecular formula is C17H18FNO2. The standard InChI is InChI=1S/C17H18FNO2/c1-11(2)21-15-8-13(9-19-10-15)17(20)6-5-12-7-14(18)3-4-16(12)17/h3-4,7-11,20H,5-6H2,1-2H3. The van der Waals surface area contributed by atoms with Crippen LogP contribution in [0.1, 0.15) is 37.0 Å². The lowest BCUT2D eigenvalue weighted by Crippen LogP contribution is -2.24. The Morgan fingerprint density at radius 2 is 2.10 bits per heavy atom. The minimum atomic E-state index is -1.12. The second-order valence-electron chi connectivity index (χ2n) is 5.74. The first kappa shape index (κ1) is 14.0. The van der Waals surface area contributed by atoms with Gasteiger partial charge in [0.2, 0.25) is 0 Å². The molecule has 0 saturated carbocycles. The molecule has 3 rings (SSSR count). The minimum Gasteiger partial charge on any atom is -0.489 e. The molecule has 4 heteroatoms. The summed E-state index contributed by atoms with van der Waals surface area (Å²) in [6, 6.07) is 6.35. The summed E-state index contributed by atoms with van der Waals surface area (Å²) in [5.41, 5.74) is 1.18. The summed E-state index contributed by atoms with van der Waals surface area (Å²) >= 11 is 0. The molecule has 0 aliphatic heterocycles. The fourth-order valence-electron chi connectivity index (χ4n) is 2.90. The fourth-order valence-corrected chi connectivity index (χ4v) is 2.90. The molecule has 1 unspecified atom stereocenters. The van der Waals surface area contributed by atoms with Crippen molar-refractivity contribution in [3.8, 4) is 5.75 Å². The third kappa shape index (κ3) is 2.51. The van der Waals surface area contributed by atoms with Gasteiger partial charge in [-0.2, -0.15) is 0 Å². The Kier molecular flexibility index (Phi) is 3.41. The number of halogens is 1. The number of aryl methyl sites for hydroxylation is 1. The number of aliphatic hydroxyl groups is 1. The van der Waals surface area contributed by atoms with Crippen molar-refractivity contribution >= 4 is 0 Å². The van der Waals surface area contributed by atoms with Crippen LogP contribution < -0.4 is 4.74 Å². The van der Waals surface area contributed by atoms with Crippen LogP contribution in [-0.4, -0.2) is 16.2 Å². The van der Waals surface area contributed by atoms with E-state index in [0.717, 1.165) is 11.1 Å². The number of fused-ring (bicyclic) bond motifs is 1. The fraction of sp³-hybridized carbons (Fsp3) is 0.353. The summed E-state index contributed by atoms with van der Waals surface area (Å²) in [6.07, 6.45) is 4.50. The zero-order chi connectivity index (χ0) is 15.0. The van der Waals surface area contributed by atoms with E-state index in [-0.39, 0.29) is 11.9 Å². The Hall–Kier alpha value is -1.94. The largest absolute Gasteiger partial charge is 0.489 e. The van der Waals surface area contributed by atoms with Crippen molar-refractivity contribution in [1.29, 1.82) is 0 Å². The van der Waals surface area contributed by atoms with Crippen molar-refractivity contribution in [2.24, 2.45) is 0 Å². The lowest BCUT2D eigenvalue weighted by molar-refractivity contribution is 0.0820. The van der Waals surface area contributed by atoms with E-state index in [2.05, 4.69) is 4.98 Å². The van der Waals surface area contributed by atoms with Gasteiger partial charge in [-0.3, -0.25) is 4.98 Å². The van der Waals surface area contributed by atoms with Gasteiger partial charge in [-0.1, -0.05) is 6.07 Å². The molecule has 0 radical (unpaired) electrons. The Labute approximate surface area is 123 Å². The third-order valence-corrected chi connectivity index (χ3v) is 3.83. The van der Waals surface area contributed by atoms with Gasteiger partial charge in [0, 0.05) is 11.8 Å². The molecule has 1 aromatic carbocycles. The van der Waals surface area contributed by atoms with Crippen LogP contribution in [0.4, 0.5) is 4.39 Å². The molecule has 0 bridgehead atoms. The van der Waals surface area contributed by atoms with Gasteiger partial charge in [-0.05, 0) is 56.0 Å². The van der Waals surface area contributed by atoms with Crippen LogP contribution in [0, 0.1) is 5.82 Å². The highest BCUT2D eigenvalue weighted by Crippen LogP contribution is 2.42. The highest BCUT2D eigenvalue weighted by molar-refractivity contribution is 5.46. The lowest BCUT2D eigenvalue weighted by atomic mass is 9.89. The smallest absolute Gasteiger partial charge is 0.138 e. The van der Waals surface area contributed by atoms with Gasteiger partial charge < -0.3 is 9.84 Å². The van der Waals surface area contributed by atoms with E-state index in [1.54, 1.807) is 18.5 Å². The monoisotopic (exact) mass is 287 g/mol. The van der Waals surface area contributed by atoms with E-state index >= 15 is 0 Å². The second-order valence-corrected chi connectivity index (χ2v) is 5.74. The normalized spacial score (nSPS) is 20.6. The van der Waals surface area contributed by atoms with Crippen LogP contribution in [0.15, 0.2) is 36.7 Å². The van der Waals surface area contributed by atoms with Crippen LogP contribution in [0.3, 0.4) is 0 Å². The second kappa shape index (κ2) is 5.11. The first-order valence-corrected chi connectivity index (χ1v) is 7.12. The summed E-state index contributed by atoms with van der Waals surface area (Å²) in [5.74, 6) is 0.361. The van der Waals surface area contributed by atoms with Crippen LogP contribution in [0.5, 0.6) is 5.75 Å². The van der Waals surface area contributed by atoms with Gasteiger partial charge in [0.15, 0.2) is 0 Å². The maximum absolute atomic E-state index is 13.3. The molecule has 110 valence electrons. The lowest BCUT2D eigenvalue weighted by Gasteiger charge is -2.25. The van der Waals surface area contributed by atoms with Crippen LogP contribution in [0.25, 0.3) is 0 Å². The van der Waals surface area contributed by atoms with Crippen LogP contribution in [0.2, 0.25) is 0 Å². The summed E-state index contributed by atoms with van der Waals surface area (Å²) in [7, 11) is 0. The van der Waals surface area contributed by atoms with Gasteiger partial charge in [0.25, 0.3) is 0 Å². The zero-order valence-electron chi connectivity index (χ0n) is 12.1. The summed E-state index contributed by atoms with van der Waals surface area (Å²) in [5, 5.41) is 11.0. The van der Waals surface area contributed by atoms with Crippen molar-refractivity contribution in [2.75, 3.05) is 0 Å². The summed E-state index contributed by atoms with van der Waals surface area (Å²) < 4.78 is 18.9. The Morgan fingerprint density at radius 3 is 2.86 bits per heavy atom. The average Bonchev–Trinajstić information content (AvgIpc) is 2.76. The average molecular weight is 287 g/mol. The van der Waals surface area contributed by atoms with Crippen molar-refractivity contribution in [2.45, 2.75) is 38.4 Å². The molecule has 2 aromatic rings. The molecule has 0 saturated heterocycles. The van der Waals surface area contributed by atoms with Crippen molar-refractivity contribution < 1.29 is 14.2 Å². The highest BCUT2D eigenvalue weighted by Gasteiger charge is 2.39.